The number of nitrogens with two attached hydrogens (primary N) is 1. The summed E-state index contributed by atoms with van der Waals surface area (Å²) in [6.07, 6.45) is 3.60. The highest BCUT2D eigenvalue weighted by atomic mass is 16.5. The molecule has 3 nitrogen and oxygen atoms in total. The van der Waals surface area contributed by atoms with Crippen molar-refractivity contribution in [2.24, 2.45) is 11.7 Å². The van der Waals surface area contributed by atoms with E-state index in [2.05, 4.69) is 44.7 Å². The molecule has 0 radical (unpaired) electrons. The normalized spacial score (nSPS) is 17.2. The average Bonchev–Trinajstić information content (AvgIpc) is 2.96. The van der Waals surface area contributed by atoms with Gasteiger partial charge in [0.15, 0.2) is 0 Å². The lowest BCUT2D eigenvalue weighted by atomic mass is 9.96. The van der Waals surface area contributed by atoms with Gasteiger partial charge in [0.1, 0.15) is 5.75 Å². The first kappa shape index (κ1) is 17.3. The van der Waals surface area contributed by atoms with E-state index in [9.17, 15) is 0 Å². The Hall–Kier alpha value is -1.06. The predicted molar refractivity (Wildman–Crippen MR) is 93.5 cm³/mol. The molecule has 1 saturated heterocycles. The Kier molecular flexibility index (Phi) is 6.27. The zero-order chi connectivity index (χ0) is 16.1. The third kappa shape index (κ3) is 4.23. The molecule has 3 heteroatoms. The van der Waals surface area contributed by atoms with Crippen LogP contribution in [-0.2, 0) is 0 Å². The number of benzene rings is 1. The van der Waals surface area contributed by atoms with Crippen LogP contribution in [0.1, 0.15) is 55.8 Å². The summed E-state index contributed by atoms with van der Waals surface area (Å²) in [6, 6.07) is 4.93. The Morgan fingerprint density at radius 3 is 2.45 bits per heavy atom. The van der Waals surface area contributed by atoms with Crippen LogP contribution in [0.4, 0.5) is 0 Å². The first-order valence-corrected chi connectivity index (χ1v) is 8.71. The number of aryl methyl sites for hydroxylation is 2. The lowest BCUT2D eigenvalue weighted by Gasteiger charge is -2.30. The van der Waals surface area contributed by atoms with Crippen LogP contribution in [0.25, 0.3) is 0 Å². The molecule has 0 aliphatic carbocycles. The second kappa shape index (κ2) is 7.98. The predicted octanol–water partition coefficient (Wildman–Crippen LogP) is 3.82. The standard InChI is InChI=1S/C19H32N2O/c1-14(2)13-22-19-16(4)11-15(3)12-17(19)18(7-8-20)21-9-5-6-10-21/h11-12,14,18H,5-10,13,20H2,1-4H3. The van der Waals surface area contributed by atoms with E-state index in [4.69, 9.17) is 10.5 Å². The molecular formula is C19H32N2O. The van der Waals surface area contributed by atoms with Gasteiger partial charge in [0.2, 0.25) is 0 Å². The van der Waals surface area contributed by atoms with Crippen molar-refractivity contribution < 1.29 is 4.74 Å². The largest absolute Gasteiger partial charge is 0.493 e. The Labute approximate surface area is 135 Å². The van der Waals surface area contributed by atoms with Crippen molar-refractivity contribution in [1.82, 2.24) is 4.90 Å². The van der Waals surface area contributed by atoms with Crippen molar-refractivity contribution in [1.29, 1.82) is 0 Å². The van der Waals surface area contributed by atoms with Gasteiger partial charge in [0, 0.05) is 11.6 Å². The van der Waals surface area contributed by atoms with Gasteiger partial charge < -0.3 is 10.5 Å². The van der Waals surface area contributed by atoms with Crippen molar-refractivity contribution in [3.05, 3.63) is 28.8 Å². The topological polar surface area (TPSA) is 38.5 Å². The molecule has 1 aromatic rings. The first-order valence-electron chi connectivity index (χ1n) is 8.71. The van der Waals surface area contributed by atoms with Gasteiger partial charge in [0.05, 0.1) is 6.61 Å². The minimum absolute atomic E-state index is 0.397. The van der Waals surface area contributed by atoms with Gasteiger partial charge in [-0.3, -0.25) is 4.90 Å². The van der Waals surface area contributed by atoms with E-state index in [0.29, 0.717) is 12.0 Å². The molecule has 2 rings (SSSR count). The maximum atomic E-state index is 6.20. The maximum absolute atomic E-state index is 6.20. The van der Waals surface area contributed by atoms with Crippen LogP contribution in [0, 0.1) is 19.8 Å². The minimum atomic E-state index is 0.397. The highest BCUT2D eigenvalue weighted by molar-refractivity contribution is 5.45. The summed E-state index contributed by atoms with van der Waals surface area (Å²) >= 11 is 0. The number of hydrogen-bond acceptors (Lipinski definition) is 3. The number of nitrogens with zero attached hydrogens (tertiary/aromatic N) is 1. The summed E-state index contributed by atoms with van der Waals surface area (Å²) < 4.78 is 6.20. The zero-order valence-corrected chi connectivity index (χ0v) is 14.7. The summed E-state index contributed by atoms with van der Waals surface area (Å²) in [5.74, 6) is 1.62. The lowest BCUT2D eigenvalue weighted by Crippen LogP contribution is -2.28. The number of ether oxygens (including phenoxy) is 1. The molecule has 1 aliphatic heterocycles. The minimum Gasteiger partial charge on any atom is -0.493 e. The molecule has 1 fully saturated rings. The van der Waals surface area contributed by atoms with E-state index >= 15 is 0 Å². The van der Waals surface area contributed by atoms with Crippen LogP contribution >= 0.6 is 0 Å². The van der Waals surface area contributed by atoms with Crippen molar-refractivity contribution in [2.75, 3.05) is 26.2 Å². The molecule has 1 unspecified atom stereocenters. The van der Waals surface area contributed by atoms with Crippen molar-refractivity contribution >= 4 is 0 Å². The van der Waals surface area contributed by atoms with Crippen molar-refractivity contribution in [3.8, 4) is 5.75 Å². The molecule has 0 bridgehead atoms. The summed E-state index contributed by atoms with van der Waals surface area (Å²) in [5.41, 5.74) is 9.81. The van der Waals surface area contributed by atoms with Crippen LogP contribution in [-0.4, -0.2) is 31.1 Å². The van der Waals surface area contributed by atoms with E-state index in [0.717, 1.165) is 25.3 Å². The molecule has 0 aromatic heterocycles. The fraction of sp³-hybridized carbons (Fsp3) is 0.684. The fourth-order valence-electron chi connectivity index (χ4n) is 3.43. The van der Waals surface area contributed by atoms with Gasteiger partial charge in [-0.05, 0) is 64.2 Å². The fourth-order valence-corrected chi connectivity index (χ4v) is 3.43. The molecule has 0 spiro atoms. The Balaban J connectivity index is 2.35. The number of hydrogen-bond donors (Lipinski definition) is 1. The smallest absolute Gasteiger partial charge is 0.127 e. The second-order valence-corrected chi connectivity index (χ2v) is 7.04. The Morgan fingerprint density at radius 1 is 1.18 bits per heavy atom. The van der Waals surface area contributed by atoms with E-state index < -0.39 is 0 Å². The molecule has 22 heavy (non-hydrogen) atoms. The summed E-state index contributed by atoms with van der Waals surface area (Å²) in [6.45, 7) is 12.6. The molecule has 1 atom stereocenters. The Bertz CT molecular complexity index is 479. The maximum Gasteiger partial charge on any atom is 0.127 e. The van der Waals surface area contributed by atoms with Crippen molar-refractivity contribution in [3.63, 3.8) is 0 Å². The quantitative estimate of drug-likeness (QED) is 0.832. The molecule has 1 aromatic carbocycles. The van der Waals surface area contributed by atoms with Crippen LogP contribution in [0.5, 0.6) is 5.75 Å². The SMILES string of the molecule is Cc1cc(C)c(OCC(C)C)c(C(CCN)N2CCCC2)c1. The third-order valence-electron chi connectivity index (χ3n) is 4.39. The van der Waals surface area contributed by atoms with Gasteiger partial charge >= 0.3 is 0 Å². The lowest BCUT2D eigenvalue weighted by molar-refractivity contribution is 0.218. The molecule has 2 N–H and O–H groups in total. The van der Waals surface area contributed by atoms with Crippen LogP contribution in [0.2, 0.25) is 0 Å². The van der Waals surface area contributed by atoms with E-state index in [1.807, 2.05) is 0 Å². The average molecular weight is 304 g/mol. The summed E-state index contributed by atoms with van der Waals surface area (Å²) in [7, 11) is 0. The van der Waals surface area contributed by atoms with Gasteiger partial charge in [-0.1, -0.05) is 31.5 Å². The molecule has 1 heterocycles. The second-order valence-electron chi connectivity index (χ2n) is 7.04. The van der Waals surface area contributed by atoms with Crippen LogP contribution in [0.15, 0.2) is 12.1 Å². The van der Waals surface area contributed by atoms with E-state index in [1.54, 1.807) is 0 Å². The molecule has 0 amide bonds. The van der Waals surface area contributed by atoms with Crippen molar-refractivity contribution in [2.45, 2.75) is 53.0 Å². The Morgan fingerprint density at radius 2 is 1.86 bits per heavy atom. The van der Waals surface area contributed by atoms with Crippen LogP contribution < -0.4 is 10.5 Å². The molecular weight excluding hydrogens is 272 g/mol. The van der Waals surface area contributed by atoms with Gasteiger partial charge in [-0.15, -0.1) is 0 Å². The number of likely N-dealkylation sites (tertiary alicyclic amines) is 1. The highest BCUT2D eigenvalue weighted by Gasteiger charge is 2.26. The van der Waals surface area contributed by atoms with Gasteiger partial charge in [0.25, 0.3) is 0 Å². The molecule has 124 valence electrons. The highest BCUT2D eigenvalue weighted by Crippen LogP contribution is 2.37. The van der Waals surface area contributed by atoms with Gasteiger partial charge in [-0.25, -0.2) is 0 Å². The zero-order valence-electron chi connectivity index (χ0n) is 14.7. The molecule has 0 saturated carbocycles. The number of rotatable bonds is 7. The monoisotopic (exact) mass is 304 g/mol. The van der Waals surface area contributed by atoms with Gasteiger partial charge in [-0.2, -0.15) is 0 Å². The van der Waals surface area contributed by atoms with E-state index in [-0.39, 0.29) is 0 Å². The third-order valence-corrected chi connectivity index (χ3v) is 4.39. The van der Waals surface area contributed by atoms with Crippen LogP contribution in [0.3, 0.4) is 0 Å². The summed E-state index contributed by atoms with van der Waals surface area (Å²) in [4.78, 5) is 2.59. The molecule has 1 aliphatic rings. The first-order chi connectivity index (χ1) is 10.5. The summed E-state index contributed by atoms with van der Waals surface area (Å²) in [5, 5.41) is 0. The van der Waals surface area contributed by atoms with E-state index in [1.165, 1.54) is 42.6 Å².